The Labute approximate surface area is 220 Å². The van der Waals surface area contributed by atoms with Gasteiger partial charge in [-0.15, -0.1) is 23.4 Å². The van der Waals surface area contributed by atoms with Crippen molar-refractivity contribution in [2.45, 2.75) is 80.9 Å². The summed E-state index contributed by atoms with van der Waals surface area (Å²) in [5, 5.41) is 8.03. The fourth-order valence-corrected chi connectivity index (χ4v) is 11.5. The van der Waals surface area contributed by atoms with Crippen molar-refractivity contribution >= 4 is 23.8 Å². The molecule has 0 aliphatic heterocycles. The van der Waals surface area contributed by atoms with Gasteiger partial charge in [0, 0.05) is 6.20 Å². The Bertz CT molecular complexity index is 1340. The van der Waals surface area contributed by atoms with Crippen LogP contribution < -0.4 is 10.5 Å². The van der Waals surface area contributed by atoms with Gasteiger partial charge in [0.1, 0.15) is 12.4 Å². The van der Waals surface area contributed by atoms with Crippen molar-refractivity contribution < 1.29 is 35.2 Å². The Morgan fingerprint density at radius 1 is 0.974 bits per heavy atom. The Morgan fingerprint density at radius 3 is 2.05 bits per heavy atom. The number of sulfone groups is 1. The zero-order chi connectivity index (χ0) is 28.5. The first-order chi connectivity index (χ1) is 17.6. The second-order valence-corrected chi connectivity index (χ2v) is 17.1. The van der Waals surface area contributed by atoms with Crippen LogP contribution in [0.15, 0.2) is 50.7 Å². The summed E-state index contributed by atoms with van der Waals surface area (Å²) in [6, 6.07) is 4.98. The lowest BCUT2D eigenvalue weighted by Gasteiger charge is -2.41. The SMILES string of the molecule is CC(C)[Si](OCc1nnc(-c2ncc(S(=O)(=O)c3ccc(OC(F)(F)F)cc3)cc2N)o1)(C(C)C)C(C)C. The molecule has 208 valence electrons. The molecule has 0 atom stereocenters. The largest absolute Gasteiger partial charge is 0.573 e. The fourth-order valence-electron chi connectivity index (χ4n) is 4.84. The van der Waals surface area contributed by atoms with E-state index in [0.717, 1.165) is 30.5 Å². The molecule has 38 heavy (non-hydrogen) atoms. The Morgan fingerprint density at radius 2 is 1.55 bits per heavy atom. The van der Waals surface area contributed by atoms with Gasteiger partial charge in [-0.25, -0.2) is 13.4 Å². The molecular weight excluding hydrogens is 541 g/mol. The molecule has 2 heterocycles. The van der Waals surface area contributed by atoms with Crippen LogP contribution >= 0.6 is 0 Å². The minimum atomic E-state index is -4.89. The third-order valence-electron chi connectivity index (χ3n) is 6.39. The molecule has 3 aromatic rings. The summed E-state index contributed by atoms with van der Waals surface area (Å²) in [6.07, 6.45) is -3.83. The van der Waals surface area contributed by atoms with Crippen molar-refractivity contribution in [3.8, 4) is 17.3 Å². The number of pyridine rings is 1. The molecule has 3 rings (SSSR count). The number of hydrogen-bond donors (Lipinski definition) is 1. The number of halogens is 3. The Kier molecular flexibility index (Phi) is 8.58. The molecule has 0 aliphatic carbocycles. The monoisotopic (exact) mass is 572 g/mol. The number of nitrogens with two attached hydrogens (primary N) is 1. The summed E-state index contributed by atoms with van der Waals surface area (Å²) in [6.45, 7) is 13.1. The molecule has 0 spiro atoms. The van der Waals surface area contributed by atoms with Gasteiger partial charge in [0.05, 0.1) is 15.5 Å². The van der Waals surface area contributed by atoms with E-state index in [9.17, 15) is 21.6 Å². The fraction of sp³-hybridized carbons (Fsp3) is 0.458. The van der Waals surface area contributed by atoms with E-state index < -0.39 is 30.3 Å². The standard InChI is InChI=1S/C24H31F3N4O5SSi/c1-14(2)38(15(3)4,16(5)6)34-13-21-30-31-23(35-21)22-20(28)11-19(12-29-22)37(32,33)18-9-7-17(8-10-18)36-24(25,26)27/h7-12,14-16H,13,28H2,1-6H3. The van der Waals surface area contributed by atoms with Crippen LogP contribution in [0.25, 0.3) is 11.6 Å². The van der Waals surface area contributed by atoms with E-state index in [1.807, 2.05) is 0 Å². The van der Waals surface area contributed by atoms with Crippen LogP contribution in [0.1, 0.15) is 47.4 Å². The predicted molar refractivity (Wildman–Crippen MR) is 136 cm³/mol. The summed E-state index contributed by atoms with van der Waals surface area (Å²) >= 11 is 0. The molecule has 9 nitrogen and oxygen atoms in total. The molecule has 0 saturated heterocycles. The number of rotatable bonds is 10. The lowest BCUT2D eigenvalue weighted by molar-refractivity contribution is -0.274. The number of anilines is 1. The van der Waals surface area contributed by atoms with E-state index in [-0.39, 0.29) is 39.6 Å². The van der Waals surface area contributed by atoms with Crippen molar-refractivity contribution in [1.29, 1.82) is 0 Å². The van der Waals surface area contributed by atoms with Crippen LogP contribution in [0.3, 0.4) is 0 Å². The number of alkyl halides is 3. The van der Waals surface area contributed by atoms with Gasteiger partial charge in [-0.3, -0.25) is 0 Å². The molecule has 0 amide bonds. The summed E-state index contributed by atoms with van der Waals surface area (Å²) in [5.74, 6) is -0.293. The van der Waals surface area contributed by atoms with E-state index in [2.05, 4.69) is 61.5 Å². The number of aromatic nitrogens is 3. The second kappa shape index (κ2) is 11.0. The van der Waals surface area contributed by atoms with Gasteiger partial charge >= 0.3 is 6.36 Å². The third-order valence-corrected chi connectivity index (χ3v) is 14.2. The molecule has 1 aromatic carbocycles. The average Bonchev–Trinajstić information content (AvgIpc) is 3.26. The van der Waals surface area contributed by atoms with Crippen molar-refractivity contribution in [2.75, 3.05) is 5.73 Å². The van der Waals surface area contributed by atoms with Crippen LogP contribution in [0, 0.1) is 0 Å². The van der Waals surface area contributed by atoms with Gasteiger partial charge in [0.15, 0.2) is 5.69 Å². The third kappa shape index (κ3) is 6.18. The molecule has 0 unspecified atom stereocenters. The normalized spacial score (nSPS) is 13.1. The van der Waals surface area contributed by atoms with Gasteiger partial charge < -0.3 is 19.3 Å². The molecule has 2 aromatic heterocycles. The van der Waals surface area contributed by atoms with E-state index in [4.69, 9.17) is 14.6 Å². The minimum absolute atomic E-state index is 0.00427. The highest BCUT2D eigenvalue weighted by Gasteiger charge is 2.45. The van der Waals surface area contributed by atoms with Crippen molar-refractivity contribution in [1.82, 2.24) is 15.2 Å². The molecule has 14 heteroatoms. The zero-order valence-electron chi connectivity index (χ0n) is 21.9. The quantitative estimate of drug-likeness (QED) is 0.285. The average molecular weight is 573 g/mol. The number of nitrogen functional groups attached to an aromatic ring is 1. The smallest absolute Gasteiger partial charge is 0.417 e. The van der Waals surface area contributed by atoms with Gasteiger partial charge in [0.25, 0.3) is 5.89 Å². The van der Waals surface area contributed by atoms with Gasteiger partial charge in [-0.05, 0) is 47.0 Å². The summed E-state index contributed by atoms with van der Waals surface area (Å²) in [5.41, 5.74) is 7.23. The Balaban J connectivity index is 1.81. The van der Waals surface area contributed by atoms with E-state index in [1.54, 1.807) is 0 Å². The summed E-state index contributed by atoms with van der Waals surface area (Å²) in [7, 11) is -6.29. The first-order valence-electron chi connectivity index (χ1n) is 11.9. The number of ether oxygens (including phenoxy) is 1. The van der Waals surface area contributed by atoms with Gasteiger partial charge in [-0.2, -0.15) is 0 Å². The highest BCUT2D eigenvalue weighted by Crippen LogP contribution is 2.42. The highest BCUT2D eigenvalue weighted by molar-refractivity contribution is 7.91. The molecular formula is C24H31F3N4O5SSi. The number of hydrogen-bond acceptors (Lipinski definition) is 9. The lowest BCUT2D eigenvalue weighted by Crippen LogP contribution is -2.47. The van der Waals surface area contributed by atoms with Crippen LogP contribution in [0.2, 0.25) is 16.6 Å². The van der Waals surface area contributed by atoms with Crippen LogP contribution in [-0.4, -0.2) is 38.3 Å². The van der Waals surface area contributed by atoms with E-state index in [0.29, 0.717) is 16.6 Å². The molecule has 2 N–H and O–H groups in total. The van der Waals surface area contributed by atoms with Gasteiger partial charge in [0.2, 0.25) is 24.0 Å². The van der Waals surface area contributed by atoms with Crippen molar-refractivity contribution in [2.24, 2.45) is 0 Å². The summed E-state index contributed by atoms with van der Waals surface area (Å²) in [4.78, 5) is 3.59. The maximum Gasteiger partial charge on any atom is 0.573 e. The first kappa shape index (κ1) is 29.6. The lowest BCUT2D eigenvalue weighted by atomic mass is 10.3. The molecule has 0 radical (unpaired) electrons. The van der Waals surface area contributed by atoms with Crippen molar-refractivity contribution in [3.63, 3.8) is 0 Å². The maximum atomic E-state index is 13.0. The van der Waals surface area contributed by atoms with E-state index >= 15 is 0 Å². The number of nitrogens with zero attached hydrogens (tertiary/aromatic N) is 3. The zero-order valence-corrected chi connectivity index (χ0v) is 23.7. The van der Waals surface area contributed by atoms with E-state index in [1.165, 1.54) is 6.07 Å². The predicted octanol–water partition coefficient (Wildman–Crippen LogP) is 6.14. The highest BCUT2D eigenvalue weighted by atomic mass is 32.2. The second-order valence-electron chi connectivity index (χ2n) is 9.74. The van der Waals surface area contributed by atoms with Crippen LogP contribution in [-0.2, 0) is 20.9 Å². The first-order valence-corrected chi connectivity index (χ1v) is 15.5. The van der Waals surface area contributed by atoms with Crippen molar-refractivity contribution in [3.05, 3.63) is 42.4 Å². The van der Waals surface area contributed by atoms with Crippen LogP contribution in [0.4, 0.5) is 18.9 Å². The minimum Gasteiger partial charge on any atom is -0.417 e. The van der Waals surface area contributed by atoms with Crippen LogP contribution in [0.5, 0.6) is 5.75 Å². The molecule has 0 fully saturated rings. The maximum absolute atomic E-state index is 13.0. The Hall–Kier alpha value is -2.97. The molecule has 0 saturated carbocycles. The van der Waals surface area contributed by atoms with Gasteiger partial charge in [-0.1, -0.05) is 41.5 Å². The summed E-state index contributed by atoms with van der Waals surface area (Å²) < 4.78 is 79.0. The molecule has 0 bridgehead atoms. The molecule has 0 aliphatic rings. The number of benzene rings is 1. The topological polar surface area (TPSA) is 130 Å².